The molecule has 148 valence electrons. The number of aliphatic imine (C=N–C) groups is 1. The highest BCUT2D eigenvalue weighted by molar-refractivity contribution is 14.0. The molecule has 2 N–H and O–H groups in total. The van der Waals surface area contributed by atoms with E-state index in [2.05, 4.69) is 25.8 Å². The van der Waals surface area contributed by atoms with E-state index in [4.69, 9.17) is 4.52 Å². The predicted octanol–water partition coefficient (Wildman–Crippen LogP) is 2.61. The van der Waals surface area contributed by atoms with Crippen LogP contribution in [0.4, 0.5) is 14.5 Å². The van der Waals surface area contributed by atoms with Gasteiger partial charge in [0.25, 0.3) is 0 Å². The van der Waals surface area contributed by atoms with Gasteiger partial charge in [0, 0.05) is 32.6 Å². The highest BCUT2D eigenvalue weighted by atomic mass is 127. The molecule has 10 heteroatoms. The van der Waals surface area contributed by atoms with Crippen molar-refractivity contribution < 1.29 is 13.3 Å². The number of halogens is 3. The maximum atomic E-state index is 14.0. The van der Waals surface area contributed by atoms with Crippen molar-refractivity contribution in [1.82, 2.24) is 20.8 Å². The molecule has 1 aromatic heterocycles. The molecule has 1 aliphatic rings. The summed E-state index contributed by atoms with van der Waals surface area (Å²) in [6, 6.07) is 3.95. The Kier molecular flexibility index (Phi) is 7.75. The molecule has 2 aromatic rings. The van der Waals surface area contributed by atoms with Crippen LogP contribution in [0.25, 0.3) is 0 Å². The lowest BCUT2D eigenvalue weighted by Gasteiger charge is -2.21. The molecule has 3 rings (SSSR count). The van der Waals surface area contributed by atoms with Crippen LogP contribution in [0.1, 0.15) is 25.1 Å². The van der Waals surface area contributed by atoms with Gasteiger partial charge in [0.15, 0.2) is 11.8 Å². The molecule has 1 saturated heterocycles. The molecule has 1 aliphatic heterocycles. The standard InChI is InChI=1S/C17H22F2N6O.HI/c1-3-20-17(21-9-15-22-11(2)26-24-15)23-12-7-8-25(10-12)16-13(18)5-4-6-14(16)19;/h4-6,12H,3,7-10H2,1-2H3,(H2,20,21,23);1H. The van der Waals surface area contributed by atoms with Gasteiger partial charge in [-0.3, -0.25) is 0 Å². The van der Waals surface area contributed by atoms with E-state index in [-0.39, 0.29) is 42.3 Å². The Morgan fingerprint density at radius 3 is 2.74 bits per heavy atom. The van der Waals surface area contributed by atoms with Gasteiger partial charge >= 0.3 is 0 Å². The van der Waals surface area contributed by atoms with Gasteiger partial charge in [-0.15, -0.1) is 24.0 Å². The smallest absolute Gasteiger partial charge is 0.223 e. The Labute approximate surface area is 173 Å². The number of aromatic nitrogens is 2. The number of hydrogen-bond donors (Lipinski definition) is 2. The van der Waals surface area contributed by atoms with E-state index in [0.717, 1.165) is 6.42 Å². The van der Waals surface area contributed by atoms with Crippen LogP contribution in [0.5, 0.6) is 0 Å². The van der Waals surface area contributed by atoms with Gasteiger partial charge in [0.1, 0.15) is 23.9 Å². The summed E-state index contributed by atoms with van der Waals surface area (Å²) in [5.74, 6) is 0.515. The molecule has 0 bridgehead atoms. The fourth-order valence-electron chi connectivity index (χ4n) is 2.94. The molecular weight excluding hydrogens is 469 g/mol. The first-order chi connectivity index (χ1) is 12.6. The van der Waals surface area contributed by atoms with E-state index in [9.17, 15) is 8.78 Å². The molecule has 2 heterocycles. The Balaban J connectivity index is 0.00000261. The van der Waals surface area contributed by atoms with Crippen LogP contribution in [-0.4, -0.2) is 41.8 Å². The van der Waals surface area contributed by atoms with Gasteiger partial charge in [-0.05, 0) is 25.5 Å². The number of nitrogens with zero attached hydrogens (tertiary/aromatic N) is 4. The zero-order valence-corrected chi connectivity index (χ0v) is 17.5. The first kappa shape index (κ1) is 21.3. The van der Waals surface area contributed by atoms with Gasteiger partial charge in [-0.25, -0.2) is 13.8 Å². The van der Waals surface area contributed by atoms with Crippen molar-refractivity contribution in [2.24, 2.45) is 4.99 Å². The topological polar surface area (TPSA) is 78.6 Å². The second kappa shape index (κ2) is 9.81. The summed E-state index contributed by atoms with van der Waals surface area (Å²) in [6.45, 7) is 5.72. The van der Waals surface area contributed by atoms with Crippen molar-refractivity contribution in [2.45, 2.75) is 32.9 Å². The monoisotopic (exact) mass is 492 g/mol. The summed E-state index contributed by atoms with van der Waals surface area (Å²) >= 11 is 0. The first-order valence-electron chi connectivity index (χ1n) is 8.59. The minimum absolute atomic E-state index is 0. The molecule has 0 aliphatic carbocycles. The van der Waals surface area contributed by atoms with Crippen molar-refractivity contribution in [2.75, 3.05) is 24.5 Å². The quantitative estimate of drug-likeness (QED) is 0.380. The zero-order chi connectivity index (χ0) is 18.5. The number of nitrogens with one attached hydrogen (secondary N) is 2. The number of guanidine groups is 1. The van der Waals surface area contributed by atoms with Crippen LogP contribution in [0, 0.1) is 18.6 Å². The molecule has 1 aromatic carbocycles. The summed E-state index contributed by atoms with van der Waals surface area (Å²) in [5.41, 5.74) is 0.0287. The van der Waals surface area contributed by atoms with Crippen molar-refractivity contribution in [1.29, 1.82) is 0 Å². The first-order valence-corrected chi connectivity index (χ1v) is 8.59. The van der Waals surface area contributed by atoms with Crippen molar-refractivity contribution in [3.63, 3.8) is 0 Å². The van der Waals surface area contributed by atoms with Crippen LogP contribution in [0.3, 0.4) is 0 Å². The van der Waals surface area contributed by atoms with Gasteiger partial charge < -0.3 is 20.1 Å². The summed E-state index contributed by atoms with van der Waals surface area (Å²) in [4.78, 5) is 10.3. The maximum absolute atomic E-state index is 14.0. The maximum Gasteiger partial charge on any atom is 0.223 e. The van der Waals surface area contributed by atoms with E-state index >= 15 is 0 Å². The average molecular weight is 492 g/mol. The number of hydrogen-bond acceptors (Lipinski definition) is 5. The largest absolute Gasteiger partial charge is 0.365 e. The third-order valence-corrected chi connectivity index (χ3v) is 4.08. The highest BCUT2D eigenvalue weighted by Crippen LogP contribution is 2.26. The zero-order valence-electron chi connectivity index (χ0n) is 15.2. The van der Waals surface area contributed by atoms with Gasteiger partial charge in [-0.2, -0.15) is 4.98 Å². The number of anilines is 1. The van der Waals surface area contributed by atoms with Crippen LogP contribution < -0.4 is 15.5 Å². The summed E-state index contributed by atoms with van der Waals surface area (Å²) in [6.07, 6.45) is 0.750. The van der Waals surface area contributed by atoms with Gasteiger partial charge in [-0.1, -0.05) is 11.2 Å². The SMILES string of the molecule is CCNC(=NCc1noc(C)n1)NC1CCN(c2c(F)cccc2F)C1.I. The Morgan fingerprint density at radius 2 is 2.11 bits per heavy atom. The minimum atomic E-state index is -0.543. The molecule has 1 fully saturated rings. The normalized spacial score (nSPS) is 17.0. The molecule has 0 spiro atoms. The van der Waals surface area contributed by atoms with Crippen molar-refractivity contribution >= 4 is 35.6 Å². The Bertz CT molecular complexity index is 764. The summed E-state index contributed by atoms with van der Waals surface area (Å²) in [7, 11) is 0. The summed E-state index contributed by atoms with van der Waals surface area (Å²) in [5, 5.41) is 10.3. The number of aryl methyl sites for hydroxylation is 1. The number of benzene rings is 1. The van der Waals surface area contributed by atoms with Crippen LogP contribution in [0.15, 0.2) is 27.7 Å². The van der Waals surface area contributed by atoms with E-state index < -0.39 is 11.6 Å². The molecule has 0 saturated carbocycles. The fourth-order valence-corrected chi connectivity index (χ4v) is 2.94. The lowest BCUT2D eigenvalue weighted by atomic mass is 10.2. The molecular formula is C17H23F2IN6O. The molecule has 0 amide bonds. The predicted molar refractivity (Wildman–Crippen MR) is 109 cm³/mol. The molecule has 7 nitrogen and oxygen atoms in total. The third-order valence-electron chi connectivity index (χ3n) is 4.08. The lowest BCUT2D eigenvalue weighted by molar-refractivity contribution is 0.387. The van der Waals surface area contributed by atoms with E-state index in [1.807, 2.05) is 6.92 Å². The minimum Gasteiger partial charge on any atom is -0.365 e. The number of rotatable bonds is 5. The lowest BCUT2D eigenvalue weighted by Crippen LogP contribution is -2.44. The Morgan fingerprint density at radius 1 is 1.37 bits per heavy atom. The fraction of sp³-hybridized carbons (Fsp3) is 0.471. The van der Waals surface area contributed by atoms with Crippen molar-refractivity contribution in [3.8, 4) is 0 Å². The van der Waals surface area contributed by atoms with Crippen LogP contribution in [0.2, 0.25) is 0 Å². The highest BCUT2D eigenvalue weighted by Gasteiger charge is 2.27. The molecule has 1 unspecified atom stereocenters. The van der Waals surface area contributed by atoms with Crippen LogP contribution >= 0.6 is 24.0 Å². The van der Waals surface area contributed by atoms with Gasteiger partial charge in [0.05, 0.1) is 0 Å². The second-order valence-corrected chi connectivity index (χ2v) is 6.07. The van der Waals surface area contributed by atoms with Crippen LogP contribution in [-0.2, 0) is 6.54 Å². The Hall–Kier alpha value is -1.98. The van der Waals surface area contributed by atoms with Gasteiger partial charge in [0.2, 0.25) is 5.89 Å². The third kappa shape index (κ3) is 5.50. The van der Waals surface area contributed by atoms with E-state index in [1.54, 1.807) is 11.8 Å². The molecule has 27 heavy (non-hydrogen) atoms. The second-order valence-electron chi connectivity index (χ2n) is 6.07. The average Bonchev–Trinajstić information content (AvgIpc) is 3.22. The molecule has 1 atom stereocenters. The number of para-hydroxylation sites is 1. The van der Waals surface area contributed by atoms with E-state index in [0.29, 0.717) is 37.3 Å². The molecule has 0 radical (unpaired) electrons. The summed E-state index contributed by atoms with van der Waals surface area (Å²) < 4.78 is 32.9. The van der Waals surface area contributed by atoms with E-state index in [1.165, 1.54) is 18.2 Å². The van der Waals surface area contributed by atoms with Crippen molar-refractivity contribution in [3.05, 3.63) is 41.5 Å².